The van der Waals surface area contributed by atoms with E-state index in [0.29, 0.717) is 23.6 Å². The first-order chi connectivity index (χ1) is 8.61. The fourth-order valence-corrected chi connectivity index (χ4v) is 2.52. The summed E-state index contributed by atoms with van der Waals surface area (Å²) in [5.41, 5.74) is 1.35. The minimum atomic E-state index is -0.267. The van der Waals surface area contributed by atoms with E-state index in [1.165, 1.54) is 6.07 Å². The molecule has 0 aliphatic carbocycles. The fraction of sp³-hybridized carbons (Fsp3) is 0.462. The second kappa shape index (κ2) is 5.67. The van der Waals surface area contributed by atoms with Gasteiger partial charge in [0.15, 0.2) is 0 Å². The normalized spacial score (nSPS) is 23.5. The molecule has 1 fully saturated rings. The molecule has 0 bridgehead atoms. The lowest BCUT2D eigenvalue weighted by atomic mass is 9.97. The SMILES string of the molecule is CC1CN(Cc2c(F)cccc2Cl)CC/C1=N\O. The molecule has 2 rings (SSSR count). The van der Waals surface area contributed by atoms with Gasteiger partial charge in [-0.3, -0.25) is 4.90 Å². The molecule has 0 radical (unpaired) electrons. The molecule has 0 amide bonds. The van der Waals surface area contributed by atoms with Crippen LogP contribution in [0.5, 0.6) is 0 Å². The van der Waals surface area contributed by atoms with E-state index >= 15 is 0 Å². The second-order valence-electron chi connectivity index (χ2n) is 4.68. The van der Waals surface area contributed by atoms with Gasteiger partial charge >= 0.3 is 0 Å². The number of rotatable bonds is 2. The number of likely N-dealkylation sites (tertiary alicyclic amines) is 1. The van der Waals surface area contributed by atoms with Gasteiger partial charge in [0.1, 0.15) is 5.82 Å². The Bertz CT molecular complexity index is 444. The van der Waals surface area contributed by atoms with Crippen LogP contribution in [0.2, 0.25) is 5.02 Å². The summed E-state index contributed by atoms with van der Waals surface area (Å²) in [4.78, 5) is 2.13. The van der Waals surface area contributed by atoms with Gasteiger partial charge in [-0.25, -0.2) is 4.39 Å². The molecule has 1 unspecified atom stereocenters. The van der Waals surface area contributed by atoms with Gasteiger partial charge in [-0.05, 0) is 12.1 Å². The average molecular weight is 271 g/mol. The number of nitrogens with zero attached hydrogens (tertiary/aromatic N) is 2. The van der Waals surface area contributed by atoms with Crippen molar-refractivity contribution in [1.82, 2.24) is 4.90 Å². The molecule has 3 nitrogen and oxygen atoms in total. The summed E-state index contributed by atoms with van der Waals surface area (Å²) in [5, 5.41) is 12.6. The molecule has 98 valence electrons. The Balaban J connectivity index is 2.07. The van der Waals surface area contributed by atoms with E-state index in [-0.39, 0.29) is 11.7 Å². The Morgan fingerprint density at radius 2 is 2.33 bits per heavy atom. The lowest BCUT2D eigenvalue weighted by Crippen LogP contribution is -2.39. The summed E-state index contributed by atoms with van der Waals surface area (Å²) < 4.78 is 13.7. The summed E-state index contributed by atoms with van der Waals surface area (Å²) in [6.07, 6.45) is 0.712. The minimum Gasteiger partial charge on any atom is -0.411 e. The lowest BCUT2D eigenvalue weighted by Gasteiger charge is -2.31. The van der Waals surface area contributed by atoms with Crippen molar-refractivity contribution in [2.75, 3.05) is 13.1 Å². The van der Waals surface area contributed by atoms with Gasteiger partial charge in [-0.1, -0.05) is 29.7 Å². The standard InChI is InChI=1S/C13H16ClFN2O/c1-9-7-17(6-5-13(9)16-18)8-10-11(14)3-2-4-12(10)15/h2-4,9,18H,5-8H2,1H3/b16-13+. The second-order valence-corrected chi connectivity index (χ2v) is 5.08. The van der Waals surface area contributed by atoms with Crippen LogP contribution in [0.1, 0.15) is 18.9 Å². The van der Waals surface area contributed by atoms with Crippen LogP contribution < -0.4 is 0 Å². The van der Waals surface area contributed by atoms with Crippen molar-refractivity contribution in [3.63, 3.8) is 0 Å². The molecule has 0 aromatic heterocycles. The maximum atomic E-state index is 13.7. The Labute approximate surface area is 111 Å². The van der Waals surface area contributed by atoms with Crippen molar-refractivity contribution < 1.29 is 9.60 Å². The minimum absolute atomic E-state index is 0.189. The van der Waals surface area contributed by atoms with Crippen LogP contribution in [0.25, 0.3) is 0 Å². The van der Waals surface area contributed by atoms with E-state index < -0.39 is 0 Å². The van der Waals surface area contributed by atoms with Crippen molar-refractivity contribution in [2.45, 2.75) is 19.9 Å². The third kappa shape index (κ3) is 2.82. The summed E-state index contributed by atoms with van der Waals surface area (Å²) in [7, 11) is 0. The number of piperidine rings is 1. The quantitative estimate of drug-likeness (QED) is 0.662. The third-order valence-electron chi connectivity index (χ3n) is 3.36. The molecule has 1 atom stereocenters. The molecule has 1 aliphatic rings. The highest BCUT2D eigenvalue weighted by Crippen LogP contribution is 2.23. The van der Waals surface area contributed by atoms with E-state index in [2.05, 4.69) is 10.1 Å². The maximum absolute atomic E-state index is 13.7. The highest BCUT2D eigenvalue weighted by atomic mass is 35.5. The first-order valence-corrected chi connectivity index (χ1v) is 6.35. The van der Waals surface area contributed by atoms with Gasteiger partial charge in [-0.2, -0.15) is 0 Å². The van der Waals surface area contributed by atoms with E-state index in [1.54, 1.807) is 12.1 Å². The lowest BCUT2D eigenvalue weighted by molar-refractivity contribution is 0.226. The number of hydrogen-bond acceptors (Lipinski definition) is 3. The molecular weight excluding hydrogens is 255 g/mol. The van der Waals surface area contributed by atoms with E-state index in [4.69, 9.17) is 16.8 Å². The smallest absolute Gasteiger partial charge is 0.129 e. The van der Waals surface area contributed by atoms with Crippen molar-refractivity contribution in [3.05, 3.63) is 34.6 Å². The molecular formula is C13H16ClFN2O. The molecule has 0 spiro atoms. The van der Waals surface area contributed by atoms with Gasteiger partial charge in [0, 0.05) is 42.6 Å². The van der Waals surface area contributed by atoms with Gasteiger partial charge < -0.3 is 5.21 Å². The first-order valence-electron chi connectivity index (χ1n) is 5.98. The van der Waals surface area contributed by atoms with Gasteiger partial charge in [-0.15, -0.1) is 0 Å². The molecule has 1 N–H and O–H groups in total. The molecule has 1 heterocycles. The monoisotopic (exact) mass is 270 g/mol. The summed E-state index contributed by atoms with van der Waals surface area (Å²) in [6.45, 7) is 4.01. The molecule has 1 aromatic carbocycles. The number of hydrogen-bond donors (Lipinski definition) is 1. The van der Waals surface area contributed by atoms with Gasteiger partial charge in [0.25, 0.3) is 0 Å². The molecule has 1 saturated heterocycles. The van der Waals surface area contributed by atoms with Gasteiger partial charge in [0.2, 0.25) is 0 Å². The Hall–Kier alpha value is -1.13. The highest BCUT2D eigenvalue weighted by Gasteiger charge is 2.23. The van der Waals surface area contributed by atoms with Crippen LogP contribution >= 0.6 is 11.6 Å². The molecule has 1 aliphatic heterocycles. The van der Waals surface area contributed by atoms with E-state index in [9.17, 15) is 4.39 Å². The topological polar surface area (TPSA) is 35.8 Å². The van der Waals surface area contributed by atoms with Crippen LogP contribution in [-0.4, -0.2) is 28.9 Å². The van der Waals surface area contributed by atoms with Crippen LogP contribution in [0, 0.1) is 11.7 Å². The third-order valence-corrected chi connectivity index (χ3v) is 3.71. The van der Waals surface area contributed by atoms with Crippen molar-refractivity contribution >= 4 is 17.3 Å². The summed E-state index contributed by atoms with van der Waals surface area (Å²) >= 11 is 6.01. The summed E-state index contributed by atoms with van der Waals surface area (Å²) in [6, 6.07) is 4.74. The fourth-order valence-electron chi connectivity index (χ4n) is 2.30. The van der Waals surface area contributed by atoms with Crippen LogP contribution in [-0.2, 0) is 6.54 Å². The van der Waals surface area contributed by atoms with Crippen molar-refractivity contribution in [3.8, 4) is 0 Å². The van der Waals surface area contributed by atoms with Gasteiger partial charge in [0.05, 0.1) is 5.71 Å². The van der Waals surface area contributed by atoms with E-state index in [0.717, 1.165) is 18.8 Å². The average Bonchev–Trinajstić information content (AvgIpc) is 2.34. The van der Waals surface area contributed by atoms with Crippen LogP contribution in [0.3, 0.4) is 0 Å². The Morgan fingerprint density at radius 1 is 1.56 bits per heavy atom. The Kier molecular flexibility index (Phi) is 4.19. The zero-order valence-corrected chi connectivity index (χ0v) is 11.0. The highest BCUT2D eigenvalue weighted by molar-refractivity contribution is 6.31. The predicted molar refractivity (Wildman–Crippen MR) is 69.7 cm³/mol. The molecule has 1 aromatic rings. The van der Waals surface area contributed by atoms with Crippen LogP contribution in [0.15, 0.2) is 23.4 Å². The molecule has 0 saturated carbocycles. The first kappa shape index (κ1) is 13.3. The van der Waals surface area contributed by atoms with Crippen molar-refractivity contribution in [1.29, 1.82) is 0 Å². The van der Waals surface area contributed by atoms with Crippen molar-refractivity contribution in [2.24, 2.45) is 11.1 Å². The molecule has 5 heteroatoms. The number of benzene rings is 1. The van der Waals surface area contributed by atoms with E-state index in [1.807, 2.05) is 6.92 Å². The summed E-state index contributed by atoms with van der Waals surface area (Å²) in [5.74, 6) is -0.0777. The number of halogens is 2. The number of oxime groups is 1. The Morgan fingerprint density at radius 3 is 2.94 bits per heavy atom. The zero-order chi connectivity index (χ0) is 13.1. The zero-order valence-electron chi connectivity index (χ0n) is 10.2. The maximum Gasteiger partial charge on any atom is 0.129 e. The largest absolute Gasteiger partial charge is 0.411 e. The predicted octanol–water partition coefficient (Wildman–Crippen LogP) is 3.15. The molecule has 18 heavy (non-hydrogen) atoms. The van der Waals surface area contributed by atoms with Crippen LogP contribution in [0.4, 0.5) is 4.39 Å².